The number of oxazole rings is 1. The Hall–Kier alpha value is -2.73. The molecule has 0 radical (unpaired) electrons. The number of hydrogen-bond acceptors (Lipinski definition) is 6. The van der Waals surface area contributed by atoms with Crippen LogP contribution in [0.25, 0.3) is 11.1 Å². The lowest BCUT2D eigenvalue weighted by Gasteiger charge is -2.14. The van der Waals surface area contributed by atoms with E-state index in [0.717, 1.165) is 0 Å². The zero-order valence-corrected chi connectivity index (χ0v) is 14.4. The molecular weight excluding hydrogens is 346 g/mol. The topological polar surface area (TPSA) is 70.8 Å². The highest BCUT2D eigenvalue weighted by Gasteiger charge is 2.10. The molecule has 0 fully saturated rings. The summed E-state index contributed by atoms with van der Waals surface area (Å²) >= 11 is 5.92. The number of carbonyl (C=O) groups excluding carboxylic acids is 1. The molecular formula is C18H16ClNO5. The van der Waals surface area contributed by atoms with Crippen LogP contribution in [0.2, 0.25) is 5.02 Å². The van der Waals surface area contributed by atoms with E-state index in [-0.39, 0.29) is 24.8 Å². The smallest absolute Gasteiger partial charge is 0.400 e. The number of fused-ring (bicyclic) bond motifs is 1. The average Bonchev–Trinajstić information content (AvgIpc) is 2.96. The summed E-state index contributed by atoms with van der Waals surface area (Å²) in [7, 11) is 0. The molecule has 6 nitrogen and oxygen atoms in total. The summed E-state index contributed by atoms with van der Waals surface area (Å²) in [4.78, 5) is 15.0. The van der Waals surface area contributed by atoms with Crippen molar-refractivity contribution < 1.29 is 23.4 Å². The van der Waals surface area contributed by atoms with Crippen LogP contribution in [0.15, 0.2) is 46.9 Å². The highest BCUT2D eigenvalue weighted by molar-refractivity contribution is 6.31. The van der Waals surface area contributed by atoms with Crippen LogP contribution in [0.1, 0.15) is 13.8 Å². The normalized spacial score (nSPS) is 12.0. The van der Waals surface area contributed by atoms with Crippen molar-refractivity contribution in [3.63, 3.8) is 0 Å². The van der Waals surface area contributed by atoms with Gasteiger partial charge in [0.15, 0.2) is 5.58 Å². The number of hydrogen-bond donors (Lipinski definition) is 0. The first kappa shape index (κ1) is 17.1. The second-order valence-corrected chi connectivity index (χ2v) is 5.83. The van der Waals surface area contributed by atoms with Gasteiger partial charge in [0, 0.05) is 18.0 Å². The van der Waals surface area contributed by atoms with Gasteiger partial charge >= 0.3 is 12.0 Å². The molecule has 0 bridgehead atoms. The van der Waals surface area contributed by atoms with E-state index in [9.17, 15) is 4.79 Å². The summed E-state index contributed by atoms with van der Waals surface area (Å²) in [5.74, 6) is 0.854. The van der Waals surface area contributed by atoms with Crippen molar-refractivity contribution >= 4 is 28.7 Å². The quantitative estimate of drug-likeness (QED) is 0.597. The lowest BCUT2D eigenvalue weighted by molar-refractivity contribution is -0.143. The number of aromatic nitrogens is 1. The summed E-state index contributed by atoms with van der Waals surface area (Å²) in [6.07, 6.45) is -0.119. The Morgan fingerprint density at radius 1 is 1.20 bits per heavy atom. The number of carbonyl (C=O) groups is 1. The minimum atomic E-state index is -0.334. The van der Waals surface area contributed by atoms with Crippen LogP contribution < -0.4 is 9.47 Å². The van der Waals surface area contributed by atoms with E-state index < -0.39 is 0 Å². The van der Waals surface area contributed by atoms with Crippen molar-refractivity contribution in [1.29, 1.82) is 0 Å². The van der Waals surface area contributed by atoms with Crippen molar-refractivity contribution in [3.05, 3.63) is 47.5 Å². The number of rotatable bonds is 6. The maximum Gasteiger partial charge on any atom is 0.400 e. The van der Waals surface area contributed by atoms with Gasteiger partial charge in [-0.2, -0.15) is 4.98 Å². The first-order valence-electron chi connectivity index (χ1n) is 7.63. The minimum Gasteiger partial charge on any atom is -0.487 e. The van der Waals surface area contributed by atoms with Crippen LogP contribution in [-0.4, -0.2) is 23.7 Å². The van der Waals surface area contributed by atoms with Crippen LogP contribution in [-0.2, 0) is 9.53 Å². The van der Waals surface area contributed by atoms with Crippen molar-refractivity contribution in [2.24, 2.45) is 0 Å². The summed E-state index contributed by atoms with van der Waals surface area (Å²) in [5, 5.41) is 0.569. The molecule has 0 saturated heterocycles. The second kappa shape index (κ2) is 7.44. The van der Waals surface area contributed by atoms with Crippen LogP contribution >= 0.6 is 11.6 Å². The number of nitrogens with zero attached hydrogens (tertiary/aromatic N) is 1. The highest BCUT2D eigenvalue weighted by Crippen LogP contribution is 2.28. The monoisotopic (exact) mass is 361 g/mol. The first-order valence-corrected chi connectivity index (χ1v) is 8.01. The van der Waals surface area contributed by atoms with E-state index in [2.05, 4.69) is 4.98 Å². The largest absolute Gasteiger partial charge is 0.487 e. The molecule has 0 spiro atoms. The van der Waals surface area contributed by atoms with Crippen LogP contribution in [0.3, 0.4) is 0 Å². The van der Waals surface area contributed by atoms with Gasteiger partial charge in [0.1, 0.15) is 29.7 Å². The van der Waals surface area contributed by atoms with Crippen molar-refractivity contribution in [3.8, 4) is 17.6 Å². The molecule has 0 amide bonds. The SMILES string of the molecule is CC(=O)OCC(C)Oc1ccc(Oc2nc3ccc(Cl)cc3o2)cc1. The molecule has 7 heteroatoms. The third-order valence-electron chi connectivity index (χ3n) is 3.22. The lowest BCUT2D eigenvalue weighted by Crippen LogP contribution is -2.20. The van der Waals surface area contributed by atoms with Gasteiger partial charge in [-0.15, -0.1) is 0 Å². The predicted octanol–water partition coefficient (Wildman–Crippen LogP) is 4.60. The molecule has 3 rings (SSSR count). The van der Waals surface area contributed by atoms with Gasteiger partial charge in [0.25, 0.3) is 0 Å². The van der Waals surface area contributed by atoms with Crippen LogP contribution in [0.5, 0.6) is 17.6 Å². The Balaban J connectivity index is 1.62. The third kappa shape index (κ3) is 4.64. The fourth-order valence-corrected chi connectivity index (χ4v) is 2.27. The fraction of sp³-hybridized carbons (Fsp3) is 0.222. The Kier molecular flexibility index (Phi) is 5.09. The van der Waals surface area contributed by atoms with E-state index in [1.807, 2.05) is 6.92 Å². The zero-order chi connectivity index (χ0) is 17.8. The molecule has 2 aromatic carbocycles. The molecule has 0 aliphatic carbocycles. The molecule has 130 valence electrons. The van der Waals surface area contributed by atoms with Gasteiger partial charge < -0.3 is 18.6 Å². The summed E-state index contributed by atoms with van der Waals surface area (Å²) in [5.41, 5.74) is 1.22. The number of esters is 1. The van der Waals surface area contributed by atoms with Crippen LogP contribution in [0, 0.1) is 0 Å². The van der Waals surface area contributed by atoms with Gasteiger partial charge in [-0.3, -0.25) is 4.79 Å². The van der Waals surface area contributed by atoms with E-state index in [4.69, 9.17) is 30.2 Å². The average molecular weight is 362 g/mol. The number of benzene rings is 2. The Morgan fingerprint density at radius 2 is 1.92 bits per heavy atom. The Morgan fingerprint density at radius 3 is 2.64 bits per heavy atom. The maximum absolute atomic E-state index is 10.8. The molecule has 1 atom stereocenters. The van der Waals surface area contributed by atoms with Gasteiger partial charge in [-0.1, -0.05) is 11.6 Å². The third-order valence-corrected chi connectivity index (χ3v) is 3.45. The highest BCUT2D eigenvalue weighted by atomic mass is 35.5. The zero-order valence-electron chi connectivity index (χ0n) is 13.7. The van der Waals surface area contributed by atoms with Gasteiger partial charge in [0.05, 0.1) is 0 Å². The number of ether oxygens (including phenoxy) is 3. The van der Waals surface area contributed by atoms with E-state index in [1.165, 1.54) is 6.92 Å². The predicted molar refractivity (Wildman–Crippen MR) is 92.3 cm³/mol. The van der Waals surface area contributed by atoms with Gasteiger partial charge in [0.2, 0.25) is 0 Å². The standard InChI is InChI=1S/C18H16ClNO5/c1-11(10-22-12(2)21)23-14-4-6-15(7-5-14)24-18-20-16-8-3-13(19)9-17(16)25-18/h3-9,11H,10H2,1-2H3. The van der Waals surface area contributed by atoms with E-state index >= 15 is 0 Å². The first-order chi connectivity index (χ1) is 12.0. The molecule has 0 aliphatic rings. The lowest BCUT2D eigenvalue weighted by atomic mass is 10.3. The summed E-state index contributed by atoms with van der Waals surface area (Å²) in [6.45, 7) is 3.37. The van der Waals surface area contributed by atoms with Crippen molar-refractivity contribution in [2.45, 2.75) is 20.0 Å². The molecule has 1 aromatic heterocycles. The van der Waals surface area contributed by atoms with E-state index in [1.54, 1.807) is 42.5 Å². The van der Waals surface area contributed by atoms with Crippen molar-refractivity contribution in [2.75, 3.05) is 6.61 Å². The molecule has 0 N–H and O–H groups in total. The second-order valence-electron chi connectivity index (χ2n) is 5.40. The Bertz CT molecular complexity index is 875. The number of halogens is 1. The van der Waals surface area contributed by atoms with Gasteiger partial charge in [-0.05, 0) is 43.3 Å². The fourth-order valence-electron chi connectivity index (χ4n) is 2.11. The van der Waals surface area contributed by atoms with E-state index in [0.29, 0.717) is 27.6 Å². The molecule has 1 unspecified atom stereocenters. The summed E-state index contributed by atoms with van der Waals surface area (Å²) < 4.78 is 21.6. The molecule has 3 aromatic rings. The summed E-state index contributed by atoms with van der Waals surface area (Å²) in [6, 6.07) is 12.1. The molecule has 0 saturated carbocycles. The van der Waals surface area contributed by atoms with Gasteiger partial charge in [-0.25, -0.2) is 0 Å². The van der Waals surface area contributed by atoms with Crippen LogP contribution in [0.4, 0.5) is 0 Å². The van der Waals surface area contributed by atoms with Crippen molar-refractivity contribution in [1.82, 2.24) is 4.98 Å². The molecule has 25 heavy (non-hydrogen) atoms. The maximum atomic E-state index is 10.8. The molecule has 0 aliphatic heterocycles. The Labute approximate surface area is 149 Å². The minimum absolute atomic E-state index is 0.133. The molecule has 1 heterocycles.